The SMILES string of the molecule is Cc1cc(Cl)cc(O)c1-c1ccc(N2CCO[C@@H](CNC(=O)C(C)C)C2)nn1. The van der Waals surface area contributed by atoms with Gasteiger partial charge in [-0.2, -0.15) is 0 Å². The third kappa shape index (κ3) is 4.72. The Morgan fingerprint density at radius 1 is 1.39 bits per heavy atom. The summed E-state index contributed by atoms with van der Waals surface area (Å²) in [5.41, 5.74) is 2.04. The first-order valence-corrected chi connectivity index (χ1v) is 9.70. The first-order chi connectivity index (χ1) is 13.3. The van der Waals surface area contributed by atoms with Gasteiger partial charge in [-0.15, -0.1) is 10.2 Å². The number of carbonyl (C=O) groups excluding carboxylic acids is 1. The Labute approximate surface area is 169 Å². The minimum absolute atomic E-state index is 0.0167. The molecule has 0 saturated carbocycles. The lowest BCUT2D eigenvalue weighted by molar-refractivity contribution is -0.124. The van der Waals surface area contributed by atoms with Gasteiger partial charge >= 0.3 is 0 Å². The number of rotatable bonds is 5. The van der Waals surface area contributed by atoms with E-state index < -0.39 is 0 Å². The molecule has 0 radical (unpaired) electrons. The highest BCUT2D eigenvalue weighted by atomic mass is 35.5. The highest BCUT2D eigenvalue weighted by molar-refractivity contribution is 6.31. The topological polar surface area (TPSA) is 87.6 Å². The molecule has 8 heteroatoms. The largest absolute Gasteiger partial charge is 0.507 e. The lowest BCUT2D eigenvalue weighted by Gasteiger charge is -2.33. The molecule has 1 aromatic carbocycles. The molecule has 28 heavy (non-hydrogen) atoms. The highest BCUT2D eigenvalue weighted by Gasteiger charge is 2.23. The fourth-order valence-electron chi connectivity index (χ4n) is 3.16. The fourth-order valence-corrected chi connectivity index (χ4v) is 3.42. The molecule has 2 heterocycles. The second-order valence-corrected chi connectivity index (χ2v) is 7.67. The third-order valence-electron chi connectivity index (χ3n) is 4.68. The molecule has 1 aliphatic heterocycles. The molecule has 0 bridgehead atoms. The molecule has 2 aromatic rings. The quantitative estimate of drug-likeness (QED) is 0.796. The lowest BCUT2D eigenvalue weighted by Crippen LogP contribution is -2.48. The summed E-state index contributed by atoms with van der Waals surface area (Å²) >= 11 is 5.97. The predicted molar refractivity (Wildman–Crippen MR) is 109 cm³/mol. The van der Waals surface area contributed by atoms with Gasteiger partial charge in [0.05, 0.1) is 18.4 Å². The molecule has 0 aliphatic carbocycles. The number of aromatic hydroxyl groups is 1. The predicted octanol–water partition coefficient (Wildman–Crippen LogP) is 2.79. The van der Waals surface area contributed by atoms with Gasteiger partial charge in [-0.25, -0.2) is 0 Å². The number of benzene rings is 1. The Kier molecular flexibility index (Phi) is 6.36. The van der Waals surface area contributed by atoms with E-state index in [1.807, 2.05) is 32.9 Å². The number of nitrogens with zero attached hydrogens (tertiary/aromatic N) is 3. The molecule has 150 valence electrons. The Bertz CT molecular complexity index is 819. The number of phenolic OH excluding ortho intramolecular Hbond substituents is 1. The van der Waals surface area contributed by atoms with E-state index in [1.54, 1.807) is 6.07 Å². The standard InChI is InChI=1S/C20H25ClN4O3/c1-12(2)20(27)22-10-15-11-25(6-7-28-15)18-5-4-16(23-24-18)19-13(3)8-14(21)9-17(19)26/h4-5,8-9,12,15,26H,6-7,10-11H2,1-3H3,(H,22,27)/t15-/m0/s1. The summed E-state index contributed by atoms with van der Waals surface area (Å²) in [5.74, 6) is 0.784. The van der Waals surface area contributed by atoms with Gasteiger partial charge in [-0.3, -0.25) is 4.79 Å². The average Bonchev–Trinajstić information content (AvgIpc) is 2.66. The summed E-state index contributed by atoms with van der Waals surface area (Å²) in [6, 6.07) is 7.00. The van der Waals surface area contributed by atoms with Crippen molar-refractivity contribution in [2.45, 2.75) is 26.9 Å². The van der Waals surface area contributed by atoms with Gasteiger partial charge < -0.3 is 20.1 Å². The molecule has 1 fully saturated rings. The molecule has 1 atom stereocenters. The smallest absolute Gasteiger partial charge is 0.222 e. The van der Waals surface area contributed by atoms with E-state index in [0.717, 1.165) is 11.4 Å². The van der Waals surface area contributed by atoms with Crippen LogP contribution in [0, 0.1) is 12.8 Å². The first kappa shape index (κ1) is 20.4. The van der Waals surface area contributed by atoms with Crippen molar-refractivity contribution in [3.05, 3.63) is 34.9 Å². The number of nitrogens with one attached hydrogen (secondary N) is 1. The first-order valence-electron chi connectivity index (χ1n) is 9.32. The minimum Gasteiger partial charge on any atom is -0.507 e. The fraction of sp³-hybridized carbons (Fsp3) is 0.450. The number of hydrogen-bond donors (Lipinski definition) is 2. The van der Waals surface area contributed by atoms with Crippen LogP contribution in [0.2, 0.25) is 5.02 Å². The van der Waals surface area contributed by atoms with E-state index in [9.17, 15) is 9.90 Å². The van der Waals surface area contributed by atoms with Crippen LogP contribution in [0.1, 0.15) is 19.4 Å². The van der Waals surface area contributed by atoms with Crippen molar-refractivity contribution in [1.29, 1.82) is 0 Å². The highest BCUT2D eigenvalue weighted by Crippen LogP contribution is 2.34. The summed E-state index contributed by atoms with van der Waals surface area (Å²) < 4.78 is 5.75. The van der Waals surface area contributed by atoms with Crippen LogP contribution in [0.25, 0.3) is 11.3 Å². The van der Waals surface area contributed by atoms with Crippen molar-refractivity contribution in [1.82, 2.24) is 15.5 Å². The van der Waals surface area contributed by atoms with E-state index in [2.05, 4.69) is 20.4 Å². The van der Waals surface area contributed by atoms with Crippen LogP contribution in [-0.2, 0) is 9.53 Å². The van der Waals surface area contributed by atoms with Crippen LogP contribution >= 0.6 is 11.6 Å². The van der Waals surface area contributed by atoms with E-state index in [1.165, 1.54) is 6.07 Å². The minimum atomic E-state index is -0.0968. The number of amides is 1. The normalized spacial score (nSPS) is 17.0. The Morgan fingerprint density at radius 3 is 2.82 bits per heavy atom. The maximum atomic E-state index is 11.8. The van der Waals surface area contributed by atoms with Gasteiger partial charge in [0.25, 0.3) is 0 Å². The molecule has 1 aliphatic rings. The number of aryl methyl sites for hydroxylation is 1. The van der Waals surface area contributed by atoms with E-state index in [0.29, 0.717) is 42.5 Å². The second-order valence-electron chi connectivity index (χ2n) is 7.23. The number of aromatic nitrogens is 2. The number of ether oxygens (including phenoxy) is 1. The number of hydrogen-bond acceptors (Lipinski definition) is 6. The number of anilines is 1. The summed E-state index contributed by atoms with van der Waals surface area (Å²) in [5, 5.41) is 22.2. The van der Waals surface area contributed by atoms with Crippen molar-refractivity contribution < 1.29 is 14.6 Å². The van der Waals surface area contributed by atoms with E-state index in [-0.39, 0.29) is 23.7 Å². The zero-order valence-corrected chi connectivity index (χ0v) is 17.0. The monoisotopic (exact) mass is 404 g/mol. The number of phenols is 1. The van der Waals surface area contributed by atoms with Gasteiger partial charge in [-0.05, 0) is 36.8 Å². The molecule has 1 aromatic heterocycles. The zero-order chi connectivity index (χ0) is 20.3. The maximum Gasteiger partial charge on any atom is 0.222 e. The molecular weight excluding hydrogens is 380 g/mol. The van der Waals surface area contributed by atoms with Crippen LogP contribution < -0.4 is 10.2 Å². The molecule has 0 unspecified atom stereocenters. The average molecular weight is 405 g/mol. The molecule has 2 N–H and O–H groups in total. The molecule has 1 amide bonds. The van der Waals surface area contributed by atoms with Crippen LogP contribution in [0.3, 0.4) is 0 Å². The van der Waals surface area contributed by atoms with Crippen LogP contribution in [0.4, 0.5) is 5.82 Å². The van der Waals surface area contributed by atoms with Gasteiger partial charge in [0.15, 0.2) is 5.82 Å². The van der Waals surface area contributed by atoms with Crippen molar-refractivity contribution >= 4 is 23.3 Å². The number of halogens is 1. The summed E-state index contributed by atoms with van der Waals surface area (Å²) in [7, 11) is 0. The van der Waals surface area contributed by atoms with E-state index >= 15 is 0 Å². The maximum absolute atomic E-state index is 11.8. The van der Waals surface area contributed by atoms with Gasteiger partial charge in [0.1, 0.15) is 5.75 Å². The Balaban J connectivity index is 1.69. The van der Waals surface area contributed by atoms with Gasteiger partial charge in [-0.1, -0.05) is 25.4 Å². The van der Waals surface area contributed by atoms with Crippen molar-refractivity contribution in [3.63, 3.8) is 0 Å². The van der Waals surface area contributed by atoms with E-state index in [4.69, 9.17) is 16.3 Å². The Hall–Kier alpha value is -2.38. The second kappa shape index (κ2) is 8.75. The molecule has 3 rings (SSSR count). The number of carbonyl (C=O) groups is 1. The molecule has 1 saturated heterocycles. The van der Waals surface area contributed by atoms with Crippen LogP contribution in [-0.4, -0.2) is 53.6 Å². The molecule has 0 spiro atoms. The third-order valence-corrected chi connectivity index (χ3v) is 4.90. The van der Waals surface area contributed by atoms with Crippen molar-refractivity contribution in [2.75, 3.05) is 31.1 Å². The van der Waals surface area contributed by atoms with Crippen molar-refractivity contribution in [3.8, 4) is 17.0 Å². The van der Waals surface area contributed by atoms with Crippen LogP contribution in [0.5, 0.6) is 5.75 Å². The number of morpholine rings is 1. The summed E-state index contributed by atoms with van der Waals surface area (Å²) in [4.78, 5) is 13.8. The van der Waals surface area contributed by atoms with Crippen molar-refractivity contribution in [2.24, 2.45) is 5.92 Å². The Morgan fingerprint density at radius 2 is 2.18 bits per heavy atom. The molecular formula is C20H25ClN4O3. The van der Waals surface area contributed by atoms with Crippen LogP contribution in [0.15, 0.2) is 24.3 Å². The lowest BCUT2D eigenvalue weighted by atomic mass is 10.0. The van der Waals surface area contributed by atoms with Gasteiger partial charge in [0.2, 0.25) is 5.91 Å². The zero-order valence-electron chi connectivity index (χ0n) is 16.3. The van der Waals surface area contributed by atoms with Gasteiger partial charge in [0, 0.05) is 36.1 Å². The molecule has 7 nitrogen and oxygen atoms in total. The summed E-state index contributed by atoms with van der Waals surface area (Å²) in [6.07, 6.45) is -0.0968. The summed E-state index contributed by atoms with van der Waals surface area (Å²) in [6.45, 7) is 7.95.